The largest absolute Gasteiger partial charge is 0.481 e. The standard InChI is InChI=1S/C67H107N19O19S2/c1-33(2)25-42(77-51(89)30-74-56(94)40(17-12-22-72-67(70)71)78-55(93)39(68)31-106)59(97)80-43(26-34(3)4)58(96)76-36(7)54(92)73-29-50(88)75-37(8)64(102)85-23-13-18-47(85)62(100)81-44(27-38-15-10-9-11-16-38)60(98)79-41(20-21-49(69)87)57(95)84-53(35(5)6)65(103)86-24-14-19-48(86)63(101)82-45(28-52(90)91)61(99)83-46(32-107)66(104)105/h9-11,15-16,33-37,39-48,53,106-107H,12-14,17-32,68H2,1-8H3,(H2,69,87)(H,73,92)(H,74,94)(H,75,88)(H,76,96)(H,77,89)(H,78,93)(H,79,98)(H,80,97)(H,81,100)(H,82,101)(H,83,99)(H,84,95)(H,90,91)(H,104,105)(H4,70,71,72)/t36-,37-,39-,40-,41-,42-,43-,44-,45-,46-,47-,48-,53-/m0/s1. The first kappa shape index (κ1) is 91.3. The summed E-state index contributed by atoms with van der Waals surface area (Å²) in [6.45, 7) is 11.8. The lowest BCUT2D eigenvalue weighted by Crippen LogP contribution is -2.61. The van der Waals surface area contributed by atoms with E-state index in [1.807, 2.05) is 0 Å². The predicted octanol–water partition coefficient (Wildman–Crippen LogP) is -5.86. The third-order valence-electron chi connectivity index (χ3n) is 17.1. The van der Waals surface area contributed by atoms with Crippen LogP contribution in [0, 0.1) is 17.8 Å². The number of aliphatic carboxylic acids is 2. The Morgan fingerprint density at radius 2 is 0.991 bits per heavy atom. The molecule has 596 valence electrons. The van der Waals surface area contributed by atoms with E-state index in [2.05, 4.69) is 94.1 Å². The van der Waals surface area contributed by atoms with Crippen LogP contribution in [0.4, 0.5) is 0 Å². The highest BCUT2D eigenvalue weighted by Gasteiger charge is 2.43. The molecule has 107 heavy (non-hydrogen) atoms. The predicted molar refractivity (Wildman–Crippen MR) is 394 cm³/mol. The number of carbonyl (C=O) groups is 17. The molecule has 3 rings (SSSR count). The molecule has 13 atom stereocenters. The first-order valence-corrected chi connectivity index (χ1v) is 36.5. The fourth-order valence-corrected chi connectivity index (χ4v) is 11.9. The van der Waals surface area contributed by atoms with Crippen molar-refractivity contribution in [2.75, 3.05) is 44.2 Å². The van der Waals surface area contributed by atoms with Gasteiger partial charge in [-0.05, 0) is 95.0 Å². The Bertz CT molecular complexity index is 3350. The maximum Gasteiger partial charge on any atom is 0.327 e. The van der Waals surface area contributed by atoms with Gasteiger partial charge in [0.2, 0.25) is 88.6 Å². The second-order valence-corrected chi connectivity index (χ2v) is 28.1. The van der Waals surface area contributed by atoms with E-state index >= 15 is 0 Å². The molecule has 2 saturated heterocycles. The molecule has 0 unspecified atom stereocenters. The number of carboxylic acid groups (broad SMARTS) is 2. The monoisotopic (exact) mass is 1550 g/mol. The zero-order valence-corrected chi connectivity index (χ0v) is 63.2. The van der Waals surface area contributed by atoms with Crippen molar-refractivity contribution in [1.82, 2.24) is 73.6 Å². The van der Waals surface area contributed by atoms with Crippen LogP contribution in [-0.4, -0.2) is 249 Å². The summed E-state index contributed by atoms with van der Waals surface area (Å²) in [5.41, 5.74) is 22.6. The van der Waals surface area contributed by atoms with Crippen molar-refractivity contribution < 1.29 is 91.7 Å². The number of nitrogens with one attached hydrogen (secondary N) is 12. The molecule has 2 aliphatic heterocycles. The molecule has 15 amide bonds. The number of nitrogens with zero attached hydrogens (tertiary/aromatic N) is 3. The normalized spacial score (nSPS) is 17.1. The average Bonchev–Trinajstić information content (AvgIpc) is 1.74. The summed E-state index contributed by atoms with van der Waals surface area (Å²) in [6.07, 6.45) is -0.781. The molecule has 2 aliphatic rings. The first-order chi connectivity index (χ1) is 50.3. The maximum atomic E-state index is 14.5. The summed E-state index contributed by atoms with van der Waals surface area (Å²) in [7, 11) is 0. The number of carboxylic acids is 2. The Balaban J connectivity index is 1.71. The summed E-state index contributed by atoms with van der Waals surface area (Å²) < 4.78 is 0. The molecular weight excluding hydrogens is 1440 g/mol. The Labute approximate surface area is 631 Å². The molecule has 38 nitrogen and oxygen atoms in total. The van der Waals surface area contributed by atoms with E-state index in [-0.39, 0.29) is 100 Å². The van der Waals surface area contributed by atoms with Gasteiger partial charge in [-0.15, -0.1) is 0 Å². The quantitative estimate of drug-likeness (QED) is 0.0125. The van der Waals surface area contributed by atoms with Crippen LogP contribution in [0.3, 0.4) is 0 Å². The van der Waals surface area contributed by atoms with Gasteiger partial charge in [-0.2, -0.15) is 25.3 Å². The minimum atomic E-state index is -1.77. The van der Waals surface area contributed by atoms with Crippen molar-refractivity contribution in [3.63, 3.8) is 0 Å². The van der Waals surface area contributed by atoms with E-state index in [0.717, 1.165) is 4.90 Å². The average molecular weight is 1550 g/mol. The SMILES string of the molecule is CC(C)C[C@H](NC(=O)CNC(=O)[C@H](CCCN=C(N)N)NC(=O)[C@@H](N)CS)C(=O)N[C@@H](CC(C)C)C(=O)N[C@@H](C)C(=O)NCC(=O)N[C@@H](C)C(=O)N1CCC[C@H]1C(=O)N[C@@H](Cc1ccccc1)C(=O)N[C@@H](CCC(N)=O)C(=O)N[C@H](C(=O)N1CCC[C@H]1C(=O)N[C@@H](CC(=O)O)C(=O)N[C@@H](CS)C(=O)O)C(C)C. The molecule has 0 bridgehead atoms. The molecule has 0 aromatic heterocycles. The van der Waals surface area contributed by atoms with E-state index in [1.165, 1.54) is 18.7 Å². The summed E-state index contributed by atoms with van der Waals surface area (Å²) in [4.78, 5) is 234. The maximum absolute atomic E-state index is 14.5. The van der Waals surface area contributed by atoms with Crippen LogP contribution in [0.15, 0.2) is 35.3 Å². The molecular formula is C67H107N19O19S2. The number of hydrogen-bond donors (Lipinski definition) is 20. The minimum Gasteiger partial charge on any atom is -0.481 e. The number of rotatable bonds is 45. The number of primary amides is 1. The Kier molecular flexibility index (Phi) is 38.9. The fraction of sp³-hybridized carbons (Fsp3) is 0.642. The number of nitrogens with two attached hydrogens (primary N) is 4. The first-order valence-electron chi connectivity index (χ1n) is 35.3. The molecule has 2 fully saturated rings. The molecule has 0 aliphatic carbocycles. The van der Waals surface area contributed by atoms with E-state index < -0.39 is 217 Å². The van der Waals surface area contributed by atoms with Gasteiger partial charge in [-0.25, -0.2) is 4.79 Å². The molecule has 2 heterocycles. The highest BCUT2D eigenvalue weighted by Crippen LogP contribution is 2.23. The van der Waals surface area contributed by atoms with E-state index in [4.69, 9.17) is 22.9 Å². The third-order valence-corrected chi connectivity index (χ3v) is 17.9. The van der Waals surface area contributed by atoms with Gasteiger partial charge in [0, 0.05) is 44.0 Å². The highest BCUT2D eigenvalue weighted by atomic mass is 32.1. The lowest BCUT2D eigenvalue weighted by molar-refractivity contribution is -0.145. The number of benzene rings is 1. The number of hydrogen-bond acceptors (Lipinski definition) is 21. The van der Waals surface area contributed by atoms with Crippen LogP contribution in [-0.2, 0) is 87.9 Å². The van der Waals surface area contributed by atoms with Gasteiger partial charge in [0.1, 0.15) is 72.5 Å². The van der Waals surface area contributed by atoms with Crippen molar-refractivity contribution in [2.45, 2.75) is 211 Å². The van der Waals surface area contributed by atoms with Crippen LogP contribution in [0.25, 0.3) is 0 Å². The second kappa shape index (κ2) is 45.6. The van der Waals surface area contributed by atoms with E-state index in [0.29, 0.717) is 12.0 Å². The van der Waals surface area contributed by atoms with Gasteiger partial charge < -0.3 is 107 Å². The number of aliphatic imine (C=N–C) groups is 1. The Morgan fingerprint density at radius 1 is 0.514 bits per heavy atom. The van der Waals surface area contributed by atoms with Crippen molar-refractivity contribution in [3.05, 3.63) is 35.9 Å². The number of amides is 15. The lowest BCUT2D eigenvalue weighted by Gasteiger charge is -2.32. The molecule has 0 radical (unpaired) electrons. The van der Waals surface area contributed by atoms with Crippen LogP contribution in [0.2, 0.25) is 0 Å². The molecule has 22 N–H and O–H groups in total. The number of guanidine groups is 1. The highest BCUT2D eigenvalue weighted by molar-refractivity contribution is 7.80. The van der Waals surface area contributed by atoms with Gasteiger partial charge in [0.15, 0.2) is 5.96 Å². The van der Waals surface area contributed by atoms with Crippen molar-refractivity contribution in [1.29, 1.82) is 0 Å². The van der Waals surface area contributed by atoms with Crippen molar-refractivity contribution in [3.8, 4) is 0 Å². The van der Waals surface area contributed by atoms with E-state index in [9.17, 15) is 91.7 Å². The van der Waals surface area contributed by atoms with E-state index in [1.54, 1.807) is 71.9 Å². The Morgan fingerprint density at radius 3 is 1.51 bits per heavy atom. The smallest absolute Gasteiger partial charge is 0.327 e. The van der Waals surface area contributed by atoms with Gasteiger partial charge in [0.05, 0.1) is 25.6 Å². The molecule has 1 aromatic rings. The molecule has 0 spiro atoms. The van der Waals surface area contributed by atoms with Crippen LogP contribution in [0.5, 0.6) is 0 Å². The fourth-order valence-electron chi connectivity index (χ4n) is 11.5. The summed E-state index contributed by atoms with van der Waals surface area (Å²) in [5, 5.41) is 48.9. The minimum absolute atomic E-state index is 0.0176. The number of thiol groups is 2. The second-order valence-electron chi connectivity index (χ2n) is 27.4. The topological polar surface area (TPSA) is 598 Å². The molecule has 0 saturated carbocycles. The Hall–Kier alpha value is -9.86. The zero-order valence-electron chi connectivity index (χ0n) is 61.4. The number of carbonyl (C=O) groups excluding carboxylic acids is 15. The molecule has 40 heteroatoms. The summed E-state index contributed by atoms with van der Waals surface area (Å²) in [6, 6.07) is -9.09. The third kappa shape index (κ3) is 31.6. The van der Waals surface area contributed by atoms with Gasteiger partial charge in [-0.1, -0.05) is 71.9 Å². The van der Waals surface area contributed by atoms with Crippen LogP contribution >= 0.6 is 25.3 Å². The lowest BCUT2D eigenvalue weighted by atomic mass is 10.00. The van der Waals surface area contributed by atoms with Crippen LogP contribution in [0.1, 0.15) is 132 Å². The van der Waals surface area contributed by atoms with Gasteiger partial charge in [-0.3, -0.25) is 81.7 Å². The van der Waals surface area contributed by atoms with Crippen molar-refractivity contribution >= 4 is 132 Å². The van der Waals surface area contributed by atoms with Crippen LogP contribution < -0.4 is 86.7 Å². The summed E-state index contributed by atoms with van der Waals surface area (Å²) >= 11 is 7.92. The van der Waals surface area contributed by atoms with Gasteiger partial charge in [0.25, 0.3) is 0 Å². The summed E-state index contributed by atoms with van der Waals surface area (Å²) in [5.74, 6) is -17.2. The molecule has 1 aromatic carbocycles. The zero-order chi connectivity index (χ0) is 80.5. The number of likely N-dealkylation sites (tertiary alicyclic amines) is 2. The van der Waals surface area contributed by atoms with Crippen molar-refractivity contribution in [2.24, 2.45) is 45.7 Å². The van der Waals surface area contributed by atoms with Gasteiger partial charge >= 0.3 is 11.9 Å².